The minimum absolute atomic E-state index is 0.175. The molecule has 0 fully saturated rings. The fourth-order valence-corrected chi connectivity index (χ4v) is 3.72. The number of aliphatic hydroxyl groups is 1. The number of hydrogen-bond donors (Lipinski definition) is 2. The molecular weight excluding hydrogens is 392 g/mol. The quantitative estimate of drug-likeness (QED) is 0.142. The minimum Gasteiger partial charge on any atom is -0.481 e. The lowest BCUT2D eigenvalue weighted by atomic mass is 10.0. The van der Waals surface area contributed by atoms with Crippen molar-refractivity contribution in [1.82, 2.24) is 0 Å². The summed E-state index contributed by atoms with van der Waals surface area (Å²) in [6.07, 6.45) is 22.7. The largest absolute Gasteiger partial charge is 0.481 e. The molecule has 0 amide bonds. The van der Waals surface area contributed by atoms with Crippen LogP contribution in [-0.2, 0) is 14.3 Å². The first-order chi connectivity index (χ1) is 15.2. The topological polar surface area (TPSA) is 76.0 Å². The van der Waals surface area contributed by atoms with Crippen molar-refractivity contribution >= 4 is 5.97 Å². The average Bonchev–Trinajstić information content (AvgIpc) is 2.75. The van der Waals surface area contributed by atoms with Crippen molar-refractivity contribution in [2.24, 2.45) is 0 Å². The fraction of sp³-hybridized carbons (Fsp3) is 0.962. The van der Waals surface area contributed by atoms with E-state index in [9.17, 15) is 9.90 Å². The van der Waals surface area contributed by atoms with Crippen LogP contribution < -0.4 is 0 Å². The molecule has 0 bridgehead atoms. The summed E-state index contributed by atoms with van der Waals surface area (Å²) in [7, 11) is 0. The van der Waals surface area contributed by atoms with Gasteiger partial charge in [0.15, 0.2) is 0 Å². The van der Waals surface area contributed by atoms with Gasteiger partial charge in [0.05, 0.1) is 13.2 Å². The first kappa shape index (κ1) is 30.4. The zero-order valence-electron chi connectivity index (χ0n) is 20.5. The highest BCUT2D eigenvalue weighted by Gasteiger charge is 2.04. The summed E-state index contributed by atoms with van der Waals surface area (Å²) in [5, 5.41) is 18.3. The van der Waals surface area contributed by atoms with Crippen molar-refractivity contribution in [3.05, 3.63) is 0 Å². The molecule has 0 aromatic carbocycles. The number of unbranched alkanes of at least 4 members (excludes halogenated alkanes) is 16. The molecule has 0 aliphatic carbocycles. The number of ether oxygens (including phenoxy) is 2. The van der Waals surface area contributed by atoms with E-state index in [2.05, 4.69) is 6.92 Å². The molecule has 0 heterocycles. The molecule has 0 spiro atoms. The molecule has 0 aliphatic heterocycles. The number of aliphatic carboxylic acids is 1. The van der Waals surface area contributed by atoms with Crippen LogP contribution in [0.4, 0.5) is 0 Å². The summed E-state index contributed by atoms with van der Waals surface area (Å²) in [5.41, 5.74) is 0. The summed E-state index contributed by atoms with van der Waals surface area (Å²) >= 11 is 0. The second-order valence-corrected chi connectivity index (χ2v) is 8.96. The minimum atomic E-state index is -0.775. The van der Waals surface area contributed by atoms with Gasteiger partial charge in [-0.25, -0.2) is 0 Å². The maximum atomic E-state index is 10.4. The van der Waals surface area contributed by atoms with Gasteiger partial charge in [-0.15, -0.1) is 0 Å². The van der Waals surface area contributed by atoms with Crippen LogP contribution in [0.25, 0.3) is 0 Å². The molecule has 5 heteroatoms. The lowest BCUT2D eigenvalue weighted by Gasteiger charge is -2.11. The van der Waals surface area contributed by atoms with Crippen molar-refractivity contribution in [3.63, 3.8) is 0 Å². The number of carboxylic acid groups (broad SMARTS) is 1. The van der Waals surface area contributed by atoms with Crippen LogP contribution >= 0.6 is 0 Å². The van der Waals surface area contributed by atoms with Crippen molar-refractivity contribution in [2.75, 3.05) is 26.4 Å². The Bertz CT molecular complexity index is 362. The van der Waals surface area contributed by atoms with Gasteiger partial charge in [0.2, 0.25) is 0 Å². The third-order valence-corrected chi connectivity index (χ3v) is 5.69. The highest BCUT2D eigenvalue weighted by molar-refractivity contribution is 5.66. The Hall–Kier alpha value is -0.650. The summed E-state index contributed by atoms with van der Waals surface area (Å²) in [6.45, 7) is 4.04. The molecule has 186 valence electrons. The summed E-state index contributed by atoms with van der Waals surface area (Å²) in [6, 6.07) is 0. The predicted molar refractivity (Wildman–Crippen MR) is 129 cm³/mol. The van der Waals surface area contributed by atoms with Gasteiger partial charge < -0.3 is 19.7 Å². The zero-order valence-corrected chi connectivity index (χ0v) is 20.5. The Morgan fingerprint density at radius 2 is 0.968 bits per heavy atom. The van der Waals surface area contributed by atoms with Crippen molar-refractivity contribution < 1.29 is 24.5 Å². The Morgan fingerprint density at radius 3 is 1.35 bits per heavy atom. The van der Waals surface area contributed by atoms with E-state index in [4.69, 9.17) is 14.6 Å². The van der Waals surface area contributed by atoms with Gasteiger partial charge in [-0.2, -0.15) is 0 Å². The van der Waals surface area contributed by atoms with Crippen LogP contribution in [0.3, 0.4) is 0 Å². The number of aliphatic hydroxyl groups excluding tert-OH is 1. The zero-order chi connectivity index (χ0) is 22.8. The first-order valence-corrected chi connectivity index (χ1v) is 13.2. The summed E-state index contributed by atoms with van der Waals surface area (Å²) < 4.78 is 10.9. The monoisotopic (exact) mass is 444 g/mol. The molecule has 0 aromatic heterocycles. The van der Waals surface area contributed by atoms with E-state index in [1.807, 2.05) is 0 Å². The number of carboxylic acids is 1. The Labute approximate surface area is 192 Å². The van der Waals surface area contributed by atoms with Gasteiger partial charge in [-0.1, -0.05) is 103 Å². The third kappa shape index (κ3) is 27.3. The highest BCUT2D eigenvalue weighted by Crippen LogP contribution is 2.13. The van der Waals surface area contributed by atoms with E-state index in [0.717, 1.165) is 6.42 Å². The summed E-state index contributed by atoms with van der Waals surface area (Å²) in [5.74, 6) is -0.775. The first-order valence-electron chi connectivity index (χ1n) is 13.2. The highest BCUT2D eigenvalue weighted by atomic mass is 16.5. The van der Waals surface area contributed by atoms with Crippen LogP contribution in [0.15, 0.2) is 0 Å². The van der Waals surface area contributed by atoms with Crippen molar-refractivity contribution in [3.8, 4) is 0 Å². The number of rotatable bonds is 26. The normalized spacial score (nSPS) is 12.3. The third-order valence-electron chi connectivity index (χ3n) is 5.69. The maximum Gasteiger partial charge on any atom is 0.303 e. The molecule has 1 unspecified atom stereocenters. The van der Waals surface area contributed by atoms with Gasteiger partial charge in [0.25, 0.3) is 0 Å². The SMILES string of the molecule is CCCCCCCCCCCCCCCCCCOCC(O)COCCCCC(=O)O. The lowest BCUT2D eigenvalue weighted by Crippen LogP contribution is -2.22. The molecule has 0 aromatic rings. The van der Waals surface area contributed by atoms with E-state index in [-0.39, 0.29) is 13.0 Å². The summed E-state index contributed by atoms with van der Waals surface area (Å²) in [4.78, 5) is 10.4. The van der Waals surface area contributed by atoms with E-state index >= 15 is 0 Å². The predicted octanol–water partition coefficient (Wildman–Crippen LogP) is 6.90. The van der Waals surface area contributed by atoms with Gasteiger partial charge in [0.1, 0.15) is 6.10 Å². The molecule has 0 saturated heterocycles. The van der Waals surface area contributed by atoms with Crippen molar-refractivity contribution in [2.45, 2.75) is 135 Å². The van der Waals surface area contributed by atoms with Crippen molar-refractivity contribution in [1.29, 1.82) is 0 Å². The van der Waals surface area contributed by atoms with Crippen LogP contribution in [0.5, 0.6) is 0 Å². The molecule has 5 nitrogen and oxygen atoms in total. The van der Waals surface area contributed by atoms with Crippen LogP contribution in [0.2, 0.25) is 0 Å². The molecule has 0 rings (SSSR count). The van der Waals surface area contributed by atoms with E-state index < -0.39 is 12.1 Å². The maximum absolute atomic E-state index is 10.4. The van der Waals surface area contributed by atoms with Crippen LogP contribution in [0, 0.1) is 0 Å². The molecule has 2 N–H and O–H groups in total. The second kappa shape index (κ2) is 25.6. The average molecular weight is 445 g/mol. The smallest absolute Gasteiger partial charge is 0.303 e. The van der Waals surface area contributed by atoms with Gasteiger partial charge >= 0.3 is 5.97 Å². The molecular formula is C26H52O5. The Balaban J connectivity index is 3.12. The van der Waals surface area contributed by atoms with Crippen LogP contribution in [-0.4, -0.2) is 48.7 Å². The molecule has 0 saturated carbocycles. The van der Waals surface area contributed by atoms with Gasteiger partial charge in [0, 0.05) is 19.6 Å². The van der Waals surface area contributed by atoms with Gasteiger partial charge in [-0.3, -0.25) is 4.79 Å². The van der Waals surface area contributed by atoms with Crippen LogP contribution in [0.1, 0.15) is 129 Å². The molecule has 31 heavy (non-hydrogen) atoms. The molecule has 0 aliphatic rings. The van der Waals surface area contributed by atoms with Gasteiger partial charge in [-0.05, 0) is 19.3 Å². The van der Waals surface area contributed by atoms with E-state index in [0.29, 0.717) is 32.7 Å². The van der Waals surface area contributed by atoms with E-state index in [1.165, 1.54) is 96.3 Å². The number of carbonyl (C=O) groups is 1. The number of hydrogen-bond acceptors (Lipinski definition) is 4. The standard InChI is InChI=1S/C26H52O5/c1-2-3-4-5-6-7-8-9-10-11-12-13-14-15-16-18-21-30-23-25(27)24-31-22-19-17-20-26(28)29/h25,27H,2-24H2,1H3,(H,28,29). The Kier molecular flexibility index (Phi) is 25.1. The van der Waals surface area contributed by atoms with E-state index in [1.54, 1.807) is 0 Å². The lowest BCUT2D eigenvalue weighted by molar-refractivity contribution is -0.137. The fourth-order valence-electron chi connectivity index (χ4n) is 3.72. The molecule has 0 radical (unpaired) electrons. The second-order valence-electron chi connectivity index (χ2n) is 8.96. The Morgan fingerprint density at radius 1 is 0.613 bits per heavy atom. The molecule has 1 atom stereocenters.